The molecule has 2 fully saturated rings. The minimum absolute atomic E-state index is 0.0422. The molecule has 0 aromatic heterocycles. The van der Waals surface area contributed by atoms with Crippen molar-refractivity contribution < 1.29 is 19.4 Å². The Morgan fingerprint density at radius 2 is 2.11 bits per heavy atom. The van der Waals surface area contributed by atoms with Gasteiger partial charge in [0.25, 0.3) is 0 Å². The smallest absolute Gasteiger partial charge is 0.234 e. The van der Waals surface area contributed by atoms with Gasteiger partial charge in [-0.3, -0.25) is 9.69 Å². The van der Waals surface area contributed by atoms with Crippen LogP contribution in [-0.2, 0) is 4.79 Å². The molecular weight excluding hydrogens is 356 g/mol. The van der Waals surface area contributed by atoms with Gasteiger partial charge >= 0.3 is 0 Å². The Hall–Kier alpha value is -1.79. The molecule has 1 saturated carbocycles. The normalized spacial score (nSPS) is 27.7. The Morgan fingerprint density at radius 3 is 2.82 bits per heavy atom. The van der Waals surface area contributed by atoms with Gasteiger partial charge in [0.1, 0.15) is 11.5 Å². The third-order valence-electron chi connectivity index (χ3n) is 6.35. The van der Waals surface area contributed by atoms with E-state index in [0.717, 1.165) is 49.2 Å². The number of ether oxygens (including phenoxy) is 2. The first-order chi connectivity index (χ1) is 13.5. The van der Waals surface area contributed by atoms with Crippen molar-refractivity contribution in [2.24, 2.45) is 5.92 Å². The van der Waals surface area contributed by atoms with E-state index < -0.39 is 5.60 Å². The lowest BCUT2D eigenvalue weighted by molar-refractivity contribution is -0.138. The Kier molecular flexibility index (Phi) is 6.83. The summed E-state index contributed by atoms with van der Waals surface area (Å²) in [7, 11) is 3.30. The second-order valence-corrected chi connectivity index (χ2v) is 8.08. The van der Waals surface area contributed by atoms with Crippen LogP contribution in [0.3, 0.4) is 0 Å². The van der Waals surface area contributed by atoms with Crippen LogP contribution in [-0.4, -0.2) is 55.4 Å². The monoisotopic (exact) mass is 390 g/mol. The zero-order valence-corrected chi connectivity index (χ0v) is 17.4. The molecule has 1 aromatic rings. The van der Waals surface area contributed by atoms with Crippen LogP contribution in [0.5, 0.6) is 11.5 Å². The SMILES string of the molecule is CCCNC(=O)CN1CC[C@]2(O)CCCC[C@H]2[C@@H]1c1ccc(OC)cc1OC. The molecule has 6 nitrogen and oxygen atoms in total. The zero-order valence-electron chi connectivity index (χ0n) is 17.4. The van der Waals surface area contributed by atoms with Crippen molar-refractivity contribution in [3.05, 3.63) is 23.8 Å². The third kappa shape index (κ3) is 4.28. The Labute approximate surface area is 168 Å². The maximum Gasteiger partial charge on any atom is 0.234 e. The van der Waals surface area contributed by atoms with Crippen LogP contribution >= 0.6 is 0 Å². The maximum atomic E-state index is 12.5. The summed E-state index contributed by atoms with van der Waals surface area (Å²) in [6, 6.07) is 5.80. The zero-order chi connectivity index (χ0) is 20.1. The van der Waals surface area contributed by atoms with Gasteiger partial charge in [-0.15, -0.1) is 0 Å². The maximum absolute atomic E-state index is 12.5. The highest BCUT2D eigenvalue weighted by molar-refractivity contribution is 5.78. The summed E-state index contributed by atoms with van der Waals surface area (Å²) in [6.07, 6.45) is 5.61. The summed E-state index contributed by atoms with van der Waals surface area (Å²) in [5, 5.41) is 14.4. The van der Waals surface area contributed by atoms with Gasteiger partial charge < -0.3 is 19.9 Å². The number of nitrogens with one attached hydrogen (secondary N) is 1. The van der Waals surface area contributed by atoms with Crippen LogP contribution < -0.4 is 14.8 Å². The Balaban J connectivity index is 1.95. The van der Waals surface area contributed by atoms with Crippen molar-refractivity contribution in [1.29, 1.82) is 0 Å². The van der Waals surface area contributed by atoms with Crippen molar-refractivity contribution >= 4 is 5.91 Å². The molecule has 0 radical (unpaired) electrons. The largest absolute Gasteiger partial charge is 0.497 e. The fourth-order valence-corrected chi connectivity index (χ4v) is 4.90. The van der Waals surface area contributed by atoms with Gasteiger partial charge in [0.05, 0.1) is 26.4 Å². The van der Waals surface area contributed by atoms with E-state index >= 15 is 0 Å². The lowest BCUT2D eigenvalue weighted by Gasteiger charge is -2.52. The van der Waals surface area contributed by atoms with E-state index in [1.165, 1.54) is 0 Å². The molecule has 3 atom stereocenters. The number of likely N-dealkylation sites (tertiary alicyclic amines) is 1. The van der Waals surface area contributed by atoms with Crippen molar-refractivity contribution in [2.45, 2.75) is 57.1 Å². The standard InChI is InChI=1S/C22H34N2O4/c1-4-12-23-20(25)15-24-13-11-22(26)10-6-5-7-18(22)21(24)17-9-8-16(27-2)14-19(17)28-3/h8-9,14,18,21,26H,4-7,10-13,15H2,1-3H3,(H,23,25)/t18-,21-,22+/m0/s1. The minimum atomic E-state index is -0.662. The Bertz CT molecular complexity index is 681. The summed E-state index contributed by atoms with van der Waals surface area (Å²) in [6.45, 7) is 3.78. The van der Waals surface area contributed by atoms with Crippen LogP contribution in [0.15, 0.2) is 18.2 Å². The van der Waals surface area contributed by atoms with E-state index in [4.69, 9.17) is 9.47 Å². The van der Waals surface area contributed by atoms with Gasteiger partial charge in [-0.05, 0) is 31.7 Å². The number of piperidine rings is 1. The van der Waals surface area contributed by atoms with Gasteiger partial charge in [0, 0.05) is 36.7 Å². The van der Waals surface area contributed by atoms with Crippen molar-refractivity contribution in [2.75, 3.05) is 33.9 Å². The van der Waals surface area contributed by atoms with Crippen LogP contribution in [0.25, 0.3) is 0 Å². The highest BCUT2D eigenvalue weighted by atomic mass is 16.5. The number of nitrogens with zero attached hydrogens (tertiary/aromatic N) is 1. The molecule has 0 bridgehead atoms. The van der Waals surface area contributed by atoms with Gasteiger partial charge in [-0.2, -0.15) is 0 Å². The number of fused-ring (bicyclic) bond motifs is 1. The quantitative estimate of drug-likeness (QED) is 0.749. The van der Waals surface area contributed by atoms with E-state index in [1.54, 1.807) is 14.2 Å². The number of rotatable bonds is 7. The summed E-state index contributed by atoms with van der Waals surface area (Å²) in [4.78, 5) is 14.7. The molecule has 1 amide bonds. The number of carbonyl (C=O) groups excluding carboxylic acids is 1. The number of carbonyl (C=O) groups is 1. The van der Waals surface area contributed by atoms with Crippen molar-refractivity contribution in [3.8, 4) is 11.5 Å². The number of amides is 1. The van der Waals surface area contributed by atoms with E-state index in [-0.39, 0.29) is 17.9 Å². The predicted octanol–water partition coefficient (Wildman–Crippen LogP) is 2.90. The van der Waals surface area contributed by atoms with Crippen LogP contribution in [0.2, 0.25) is 0 Å². The highest BCUT2D eigenvalue weighted by Gasteiger charge is 2.49. The van der Waals surface area contributed by atoms with Crippen LogP contribution in [0, 0.1) is 5.92 Å². The second-order valence-electron chi connectivity index (χ2n) is 8.08. The molecule has 156 valence electrons. The molecule has 1 aliphatic heterocycles. The number of benzene rings is 1. The van der Waals surface area contributed by atoms with Gasteiger partial charge in [0.2, 0.25) is 5.91 Å². The number of hydrogen-bond acceptors (Lipinski definition) is 5. The van der Waals surface area contributed by atoms with Gasteiger partial charge in [-0.25, -0.2) is 0 Å². The minimum Gasteiger partial charge on any atom is -0.497 e. The summed E-state index contributed by atoms with van der Waals surface area (Å²) < 4.78 is 11.0. The average molecular weight is 391 g/mol. The van der Waals surface area contributed by atoms with Gasteiger partial charge in [0.15, 0.2) is 0 Å². The number of methoxy groups -OCH3 is 2. The van der Waals surface area contributed by atoms with E-state index in [0.29, 0.717) is 26.1 Å². The first kappa shape index (κ1) is 20.9. The molecule has 1 heterocycles. The highest BCUT2D eigenvalue weighted by Crippen LogP contribution is 2.51. The average Bonchev–Trinajstić information content (AvgIpc) is 2.71. The molecular formula is C22H34N2O4. The fourth-order valence-electron chi connectivity index (χ4n) is 4.90. The molecule has 2 N–H and O–H groups in total. The fraction of sp³-hybridized carbons (Fsp3) is 0.682. The van der Waals surface area contributed by atoms with Gasteiger partial charge in [-0.1, -0.05) is 25.8 Å². The molecule has 3 rings (SSSR count). The molecule has 1 saturated heterocycles. The van der Waals surface area contributed by atoms with E-state index in [2.05, 4.69) is 10.2 Å². The molecule has 2 aliphatic rings. The lowest BCUT2D eigenvalue weighted by Crippen LogP contribution is -2.56. The van der Waals surface area contributed by atoms with E-state index in [9.17, 15) is 9.90 Å². The topological polar surface area (TPSA) is 71.0 Å². The molecule has 1 aliphatic carbocycles. The predicted molar refractivity (Wildman–Crippen MR) is 109 cm³/mol. The number of aliphatic hydroxyl groups is 1. The summed E-state index contributed by atoms with van der Waals surface area (Å²) in [5.41, 5.74) is 0.362. The molecule has 6 heteroatoms. The number of hydrogen-bond donors (Lipinski definition) is 2. The summed E-state index contributed by atoms with van der Waals surface area (Å²) in [5.74, 6) is 1.62. The lowest BCUT2D eigenvalue weighted by atomic mass is 9.66. The first-order valence-corrected chi connectivity index (χ1v) is 10.5. The van der Waals surface area contributed by atoms with E-state index in [1.807, 2.05) is 25.1 Å². The second kappa shape index (κ2) is 9.14. The molecule has 0 spiro atoms. The molecule has 1 aromatic carbocycles. The third-order valence-corrected chi connectivity index (χ3v) is 6.35. The first-order valence-electron chi connectivity index (χ1n) is 10.5. The van der Waals surface area contributed by atoms with Crippen molar-refractivity contribution in [3.63, 3.8) is 0 Å². The van der Waals surface area contributed by atoms with Crippen molar-refractivity contribution in [1.82, 2.24) is 10.2 Å². The molecule has 28 heavy (non-hydrogen) atoms. The van der Waals surface area contributed by atoms with Crippen LogP contribution in [0.4, 0.5) is 0 Å². The van der Waals surface area contributed by atoms with Crippen LogP contribution in [0.1, 0.15) is 57.1 Å². The summed E-state index contributed by atoms with van der Waals surface area (Å²) >= 11 is 0. The Morgan fingerprint density at radius 1 is 1.29 bits per heavy atom. The molecule has 0 unspecified atom stereocenters.